The maximum atomic E-state index is 11.4. The van der Waals surface area contributed by atoms with Gasteiger partial charge in [-0.1, -0.05) is 44.5 Å². The summed E-state index contributed by atoms with van der Waals surface area (Å²) in [5, 5.41) is 0.441. The normalized spacial score (nSPS) is 11.3. The molecule has 3 N–H and O–H groups in total. The van der Waals surface area contributed by atoms with Crippen LogP contribution in [0.1, 0.15) is 36.8 Å². The fourth-order valence-corrected chi connectivity index (χ4v) is 2.66. The van der Waals surface area contributed by atoms with Crippen LogP contribution in [0.25, 0.3) is 0 Å². The molecular weight excluding hydrogens is 318 g/mol. The summed E-state index contributed by atoms with van der Waals surface area (Å²) in [6.45, 7) is 6.51. The maximum absolute atomic E-state index is 11.4. The minimum absolute atomic E-state index is 0.118. The van der Waals surface area contributed by atoms with Crippen LogP contribution in [-0.2, 0) is 5.41 Å². The van der Waals surface area contributed by atoms with E-state index >= 15 is 0 Å². The van der Waals surface area contributed by atoms with Crippen molar-refractivity contribution in [2.24, 2.45) is 5.73 Å². The van der Waals surface area contributed by atoms with Crippen LogP contribution in [0.4, 0.5) is 5.69 Å². The quantitative estimate of drug-likeness (QED) is 0.819. The van der Waals surface area contributed by atoms with Gasteiger partial charge in [0.15, 0.2) is 5.69 Å². The largest absolute Gasteiger partial charge is 0.364 e. The Morgan fingerprint density at radius 3 is 2.45 bits per heavy atom. The summed E-state index contributed by atoms with van der Waals surface area (Å²) >= 11 is 7.29. The van der Waals surface area contributed by atoms with Gasteiger partial charge >= 0.3 is 0 Å². The number of nitrogens with one attached hydrogen (secondary N) is 1. The third-order valence-corrected chi connectivity index (χ3v) is 4.12. The number of hydrogen-bond donors (Lipinski definition) is 2. The molecular formula is C16H18ClN3OS. The molecule has 1 aromatic heterocycles. The number of primary amides is 1. The molecule has 2 aromatic rings. The second kappa shape index (κ2) is 6.58. The summed E-state index contributed by atoms with van der Waals surface area (Å²) in [6.07, 6.45) is 1.40. The van der Waals surface area contributed by atoms with Crippen LogP contribution in [0.2, 0.25) is 5.02 Å². The minimum Gasteiger partial charge on any atom is -0.364 e. The lowest BCUT2D eigenvalue weighted by Crippen LogP contribution is -2.15. The molecule has 1 amide bonds. The van der Waals surface area contributed by atoms with Crippen molar-refractivity contribution in [3.63, 3.8) is 0 Å². The van der Waals surface area contributed by atoms with Crippen LogP contribution < -0.4 is 10.5 Å². The van der Waals surface area contributed by atoms with Crippen LogP contribution in [0.3, 0.4) is 0 Å². The zero-order valence-electron chi connectivity index (χ0n) is 12.7. The highest BCUT2D eigenvalue weighted by atomic mass is 35.5. The first-order chi connectivity index (χ1) is 10.3. The number of anilines is 1. The molecule has 0 aliphatic carbocycles. The molecule has 22 heavy (non-hydrogen) atoms. The Morgan fingerprint density at radius 1 is 1.27 bits per heavy atom. The number of carbonyl (C=O) groups is 1. The number of halogens is 1. The van der Waals surface area contributed by atoms with Gasteiger partial charge in [0.05, 0.1) is 10.7 Å². The van der Waals surface area contributed by atoms with Crippen molar-refractivity contribution in [1.82, 2.24) is 4.98 Å². The van der Waals surface area contributed by atoms with E-state index in [1.165, 1.54) is 23.7 Å². The first kappa shape index (κ1) is 16.6. The Morgan fingerprint density at radius 2 is 1.91 bits per heavy atom. The van der Waals surface area contributed by atoms with Crippen LogP contribution in [0.15, 0.2) is 41.4 Å². The van der Waals surface area contributed by atoms with Crippen molar-refractivity contribution in [2.75, 3.05) is 4.72 Å². The highest BCUT2D eigenvalue weighted by molar-refractivity contribution is 8.00. The van der Waals surface area contributed by atoms with E-state index < -0.39 is 5.91 Å². The molecule has 0 spiro atoms. The number of carbonyl (C=O) groups excluding carboxylic acids is 1. The fraction of sp³-hybridized carbons (Fsp3) is 0.250. The second-order valence-corrected chi connectivity index (χ2v) is 7.21. The minimum atomic E-state index is -0.595. The summed E-state index contributed by atoms with van der Waals surface area (Å²) in [7, 11) is 0. The molecule has 6 heteroatoms. The third-order valence-electron chi connectivity index (χ3n) is 3.09. The molecule has 0 aliphatic rings. The van der Waals surface area contributed by atoms with Gasteiger partial charge in [0, 0.05) is 11.1 Å². The lowest BCUT2D eigenvalue weighted by Gasteiger charge is -2.19. The standard InChI is InChI=1S/C16H18ClN3OS/c1-16(2,3)10-4-6-12(7-5-10)22-20-13-8-11(17)9-19-14(13)15(18)21/h4-9,20H,1-3H3,(H2,18,21). The topological polar surface area (TPSA) is 68.0 Å². The highest BCUT2D eigenvalue weighted by Crippen LogP contribution is 2.28. The average Bonchev–Trinajstić information content (AvgIpc) is 2.44. The van der Waals surface area contributed by atoms with Crippen LogP contribution in [0.5, 0.6) is 0 Å². The van der Waals surface area contributed by atoms with E-state index in [0.29, 0.717) is 10.7 Å². The molecule has 1 aromatic carbocycles. The SMILES string of the molecule is CC(C)(C)c1ccc(SNc2cc(Cl)cnc2C(N)=O)cc1. The molecule has 0 fully saturated rings. The number of pyridine rings is 1. The first-order valence-corrected chi connectivity index (χ1v) is 7.95. The lowest BCUT2D eigenvalue weighted by molar-refractivity contribution is 0.0996. The van der Waals surface area contributed by atoms with Crippen molar-refractivity contribution in [2.45, 2.75) is 31.1 Å². The number of nitrogens with zero attached hydrogens (tertiary/aromatic N) is 1. The maximum Gasteiger partial charge on any atom is 0.269 e. The summed E-state index contributed by atoms with van der Waals surface area (Å²) < 4.78 is 3.08. The summed E-state index contributed by atoms with van der Waals surface area (Å²) in [4.78, 5) is 16.3. The van der Waals surface area contributed by atoms with Crippen LogP contribution in [-0.4, -0.2) is 10.9 Å². The Bertz CT molecular complexity index is 681. The van der Waals surface area contributed by atoms with Gasteiger partial charge in [-0.05, 0) is 41.1 Å². The predicted octanol–water partition coefficient (Wildman–Crippen LogP) is 4.25. The molecule has 2 rings (SSSR count). The number of nitrogens with two attached hydrogens (primary N) is 1. The van der Waals surface area contributed by atoms with Crippen LogP contribution in [0, 0.1) is 0 Å². The van der Waals surface area contributed by atoms with E-state index in [1.807, 2.05) is 12.1 Å². The van der Waals surface area contributed by atoms with Crippen molar-refractivity contribution in [1.29, 1.82) is 0 Å². The first-order valence-electron chi connectivity index (χ1n) is 6.76. The monoisotopic (exact) mass is 335 g/mol. The van der Waals surface area contributed by atoms with E-state index in [-0.39, 0.29) is 11.1 Å². The number of rotatable bonds is 4. The highest BCUT2D eigenvalue weighted by Gasteiger charge is 2.14. The Balaban J connectivity index is 2.13. The Hall–Kier alpha value is -1.72. The smallest absolute Gasteiger partial charge is 0.269 e. The van der Waals surface area contributed by atoms with Gasteiger partial charge < -0.3 is 10.5 Å². The van der Waals surface area contributed by atoms with Crippen LogP contribution >= 0.6 is 23.5 Å². The summed E-state index contributed by atoms with van der Waals surface area (Å²) in [6, 6.07) is 9.87. The van der Waals surface area contributed by atoms with Gasteiger partial charge in [0.25, 0.3) is 5.91 Å². The fourth-order valence-electron chi connectivity index (χ4n) is 1.85. The number of hydrogen-bond acceptors (Lipinski definition) is 4. The third kappa shape index (κ3) is 4.15. The molecule has 0 saturated heterocycles. The lowest BCUT2D eigenvalue weighted by atomic mass is 9.87. The van der Waals surface area contributed by atoms with E-state index in [4.69, 9.17) is 17.3 Å². The van der Waals surface area contributed by atoms with Crippen molar-refractivity contribution < 1.29 is 4.79 Å². The van der Waals surface area contributed by atoms with E-state index in [1.54, 1.807) is 6.07 Å². The van der Waals surface area contributed by atoms with E-state index in [2.05, 4.69) is 42.6 Å². The van der Waals surface area contributed by atoms with Gasteiger partial charge in [-0.15, -0.1) is 0 Å². The molecule has 4 nitrogen and oxygen atoms in total. The summed E-state index contributed by atoms with van der Waals surface area (Å²) in [5.74, 6) is -0.595. The molecule has 0 saturated carbocycles. The molecule has 116 valence electrons. The predicted molar refractivity (Wildman–Crippen MR) is 92.4 cm³/mol. The number of aromatic nitrogens is 1. The molecule has 0 atom stereocenters. The summed E-state index contributed by atoms with van der Waals surface area (Å²) in [5.41, 5.74) is 7.36. The van der Waals surface area contributed by atoms with Gasteiger partial charge in [-0.25, -0.2) is 4.98 Å². The zero-order chi connectivity index (χ0) is 16.3. The Kier molecular flexibility index (Phi) is 4.98. The number of benzene rings is 1. The van der Waals surface area contributed by atoms with Crippen molar-refractivity contribution in [3.05, 3.63) is 52.8 Å². The zero-order valence-corrected chi connectivity index (χ0v) is 14.3. The van der Waals surface area contributed by atoms with Crippen molar-refractivity contribution in [3.8, 4) is 0 Å². The molecule has 0 aliphatic heterocycles. The molecule has 0 unspecified atom stereocenters. The van der Waals surface area contributed by atoms with E-state index in [0.717, 1.165) is 4.90 Å². The average molecular weight is 336 g/mol. The Labute approximate surface area is 139 Å². The second-order valence-electron chi connectivity index (χ2n) is 5.89. The van der Waals surface area contributed by atoms with E-state index in [9.17, 15) is 4.79 Å². The van der Waals surface area contributed by atoms with Gasteiger partial charge in [-0.2, -0.15) is 0 Å². The van der Waals surface area contributed by atoms with Gasteiger partial charge in [0.2, 0.25) is 0 Å². The molecule has 0 bridgehead atoms. The van der Waals surface area contributed by atoms with Gasteiger partial charge in [-0.3, -0.25) is 4.79 Å². The van der Waals surface area contributed by atoms with Gasteiger partial charge in [0.1, 0.15) is 0 Å². The molecule has 1 heterocycles. The van der Waals surface area contributed by atoms with Crippen molar-refractivity contribution >= 4 is 35.1 Å². The molecule has 0 radical (unpaired) electrons. The number of amides is 1.